The largest absolute Gasteiger partial charge is 0.493 e. The van der Waals surface area contributed by atoms with Gasteiger partial charge in [-0.2, -0.15) is 0 Å². The van der Waals surface area contributed by atoms with Gasteiger partial charge in [-0.05, 0) is 86.5 Å². The first-order valence-electron chi connectivity index (χ1n) is 11.1. The van der Waals surface area contributed by atoms with Gasteiger partial charge in [0.05, 0.1) is 13.2 Å². The number of benzene rings is 1. The van der Waals surface area contributed by atoms with Crippen molar-refractivity contribution in [3.05, 3.63) is 52.9 Å². The lowest BCUT2D eigenvalue weighted by Crippen LogP contribution is -2.33. The molecule has 2 aliphatic rings. The molecular formula is C24H29ClN4O. The minimum absolute atomic E-state index is 0.499. The maximum atomic E-state index is 6.35. The van der Waals surface area contributed by atoms with Gasteiger partial charge in [0.15, 0.2) is 5.65 Å². The molecule has 1 saturated heterocycles. The maximum Gasteiger partial charge on any atom is 0.159 e. The van der Waals surface area contributed by atoms with E-state index in [9.17, 15) is 0 Å². The Kier molecular flexibility index (Phi) is 5.66. The average Bonchev–Trinajstić information content (AvgIpc) is 3.04. The number of pyridine rings is 1. The summed E-state index contributed by atoms with van der Waals surface area (Å²) in [5, 5.41) is 0.802. The van der Waals surface area contributed by atoms with E-state index in [-0.39, 0.29) is 0 Å². The first kappa shape index (κ1) is 19.8. The van der Waals surface area contributed by atoms with Gasteiger partial charge in [-0.3, -0.25) is 4.90 Å². The molecule has 0 bridgehead atoms. The monoisotopic (exact) mass is 424 g/mol. The van der Waals surface area contributed by atoms with Gasteiger partial charge in [-0.25, -0.2) is 9.97 Å². The Morgan fingerprint density at radius 3 is 2.70 bits per heavy atom. The number of hydrogen-bond acceptors (Lipinski definition) is 4. The molecular weight excluding hydrogens is 396 g/mol. The molecule has 2 fully saturated rings. The highest BCUT2D eigenvalue weighted by atomic mass is 35.5. The molecule has 1 saturated carbocycles. The third kappa shape index (κ3) is 4.06. The van der Waals surface area contributed by atoms with Crippen LogP contribution < -0.4 is 4.74 Å². The summed E-state index contributed by atoms with van der Waals surface area (Å²) in [5.41, 5.74) is 3.21. The molecule has 6 heteroatoms. The Labute approximate surface area is 183 Å². The number of aromatic nitrogens is 3. The number of imidazole rings is 1. The smallest absolute Gasteiger partial charge is 0.159 e. The third-order valence-electron chi connectivity index (χ3n) is 6.78. The summed E-state index contributed by atoms with van der Waals surface area (Å²) in [6.07, 6.45) is 8.01. The molecule has 0 spiro atoms. The van der Waals surface area contributed by atoms with Crippen LogP contribution in [0.15, 0.2) is 36.5 Å². The van der Waals surface area contributed by atoms with E-state index in [1.54, 1.807) is 0 Å². The lowest BCUT2D eigenvalue weighted by atomic mass is 9.86. The van der Waals surface area contributed by atoms with Crippen LogP contribution in [0.4, 0.5) is 0 Å². The van der Waals surface area contributed by atoms with Crippen molar-refractivity contribution in [2.45, 2.75) is 44.6 Å². The Hall–Kier alpha value is -2.11. The van der Waals surface area contributed by atoms with E-state index in [2.05, 4.69) is 33.6 Å². The summed E-state index contributed by atoms with van der Waals surface area (Å²) in [4.78, 5) is 11.7. The molecule has 0 atom stereocenters. The van der Waals surface area contributed by atoms with E-state index in [0.29, 0.717) is 5.92 Å². The van der Waals surface area contributed by atoms with Crippen LogP contribution in [-0.2, 0) is 13.6 Å². The highest BCUT2D eigenvalue weighted by Gasteiger charge is 2.25. The summed E-state index contributed by atoms with van der Waals surface area (Å²) >= 11 is 6.35. The van der Waals surface area contributed by atoms with Crippen LogP contribution in [0.3, 0.4) is 0 Å². The van der Waals surface area contributed by atoms with Crippen LogP contribution in [0.5, 0.6) is 5.75 Å². The van der Waals surface area contributed by atoms with E-state index >= 15 is 0 Å². The molecule has 0 amide bonds. The summed E-state index contributed by atoms with van der Waals surface area (Å²) in [6, 6.07) is 10.1. The Balaban J connectivity index is 1.24. The van der Waals surface area contributed by atoms with Gasteiger partial charge in [0.25, 0.3) is 0 Å². The Morgan fingerprint density at radius 2 is 1.97 bits per heavy atom. The molecule has 3 heterocycles. The van der Waals surface area contributed by atoms with Gasteiger partial charge < -0.3 is 9.30 Å². The maximum absolute atomic E-state index is 6.35. The van der Waals surface area contributed by atoms with E-state index in [0.717, 1.165) is 72.8 Å². The van der Waals surface area contributed by atoms with Gasteiger partial charge in [-0.1, -0.05) is 18.0 Å². The highest BCUT2D eigenvalue weighted by molar-refractivity contribution is 6.30. The van der Waals surface area contributed by atoms with E-state index in [1.807, 2.05) is 24.4 Å². The second-order valence-corrected chi connectivity index (χ2v) is 9.21. The molecule has 3 aromatic rings. The SMILES string of the molecule is Cn1c(CN2CCC(c3cc(Cl)ccc3OCC3CCC3)CC2)nc2cccnc21. The number of halogens is 1. The number of fused-ring (bicyclic) bond motifs is 1. The molecule has 1 aromatic carbocycles. The van der Waals surface area contributed by atoms with Crippen LogP contribution in [-0.4, -0.2) is 39.1 Å². The van der Waals surface area contributed by atoms with Crippen molar-refractivity contribution in [2.75, 3.05) is 19.7 Å². The van der Waals surface area contributed by atoms with Crippen molar-refractivity contribution in [2.24, 2.45) is 13.0 Å². The number of rotatable bonds is 6. The topological polar surface area (TPSA) is 43.2 Å². The molecule has 0 N–H and O–H groups in total. The molecule has 0 unspecified atom stereocenters. The zero-order valence-electron chi connectivity index (χ0n) is 17.6. The summed E-state index contributed by atoms with van der Waals surface area (Å²) < 4.78 is 8.34. The van der Waals surface area contributed by atoms with Crippen molar-refractivity contribution in [1.29, 1.82) is 0 Å². The quantitative estimate of drug-likeness (QED) is 0.546. The van der Waals surface area contributed by atoms with Crippen molar-refractivity contribution in [3.63, 3.8) is 0 Å². The summed E-state index contributed by atoms with van der Waals surface area (Å²) in [5.74, 6) is 3.34. The van der Waals surface area contributed by atoms with Gasteiger partial charge in [0.1, 0.15) is 17.1 Å². The molecule has 30 heavy (non-hydrogen) atoms. The molecule has 1 aliphatic heterocycles. The zero-order chi connectivity index (χ0) is 20.5. The molecule has 0 radical (unpaired) electrons. The first-order valence-corrected chi connectivity index (χ1v) is 11.5. The lowest BCUT2D eigenvalue weighted by molar-refractivity contribution is 0.173. The average molecular weight is 425 g/mol. The second-order valence-electron chi connectivity index (χ2n) is 8.77. The van der Waals surface area contributed by atoms with E-state index < -0.39 is 0 Å². The predicted octanol–water partition coefficient (Wildman–Crippen LogP) is 5.18. The fourth-order valence-electron chi connectivity index (χ4n) is 4.65. The summed E-state index contributed by atoms with van der Waals surface area (Å²) in [7, 11) is 2.06. The van der Waals surface area contributed by atoms with Gasteiger partial charge >= 0.3 is 0 Å². The van der Waals surface area contributed by atoms with Crippen LogP contribution in [0, 0.1) is 5.92 Å². The van der Waals surface area contributed by atoms with Gasteiger partial charge in [0, 0.05) is 18.3 Å². The van der Waals surface area contributed by atoms with Crippen LogP contribution in [0.1, 0.15) is 49.4 Å². The van der Waals surface area contributed by atoms with Crippen molar-refractivity contribution >= 4 is 22.8 Å². The second kappa shape index (κ2) is 8.56. The number of ether oxygens (including phenoxy) is 1. The fraction of sp³-hybridized carbons (Fsp3) is 0.500. The minimum Gasteiger partial charge on any atom is -0.493 e. The van der Waals surface area contributed by atoms with Gasteiger partial charge in [0.2, 0.25) is 0 Å². The molecule has 5 nitrogen and oxygen atoms in total. The number of aryl methyl sites for hydroxylation is 1. The first-order chi connectivity index (χ1) is 14.7. The number of piperidine rings is 1. The lowest BCUT2D eigenvalue weighted by Gasteiger charge is -2.33. The van der Waals surface area contributed by atoms with Crippen LogP contribution in [0.25, 0.3) is 11.2 Å². The molecule has 158 valence electrons. The van der Waals surface area contributed by atoms with E-state index in [1.165, 1.54) is 24.8 Å². The Morgan fingerprint density at radius 1 is 1.13 bits per heavy atom. The normalized spacial score (nSPS) is 18.6. The third-order valence-corrected chi connectivity index (χ3v) is 7.02. The number of likely N-dealkylation sites (tertiary alicyclic amines) is 1. The van der Waals surface area contributed by atoms with Crippen molar-refractivity contribution < 1.29 is 4.74 Å². The minimum atomic E-state index is 0.499. The highest BCUT2D eigenvalue weighted by Crippen LogP contribution is 2.37. The van der Waals surface area contributed by atoms with Crippen LogP contribution in [0.2, 0.25) is 5.02 Å². The number of hydrogen-bond donors (Lipinski definition) is 0. The predicted molar refractivity (Wildman–Crippen MR) is 120 cm³/mol. The van der Waals surface area contributed by atoms with Gasteiger partial charge in [-0.15, -0.1) is 0 Å². The molecule has 1 aliphatic carbocycles. The molecule has 2 aromatic heterocycles. The standard InChI is InChI=1S/C24H29ClN4O/c1-28-23(27-21-6-3-11-26-24(21)28)15-29-12-9-18(10-13-29)20-14-19(25)7-8-22(20)30-16-17-4-2-5-17/h3,6-8,11,14,17-18H,2,4-5,9-10,12-13,15-16H2,1H3. The Bertz CT molecular complexity index is 1020. The van der Waals surface area contributed by atoms with Crippen molar-refractivity contribution in [3.8, 4) is 5.75 Å². The molecule has 5 rings (SSSR count). The van der Waals surface area contributed by atoms with E-state index in [4.69, 9.17) is 21.3 Å². The summed E-state index contributed by atoms with van der Waals surface area (Å²) in [6.45, 7) is 3.81. The van der Waals surface area contributed by atoms with Crippen molar-refractivity contribution in [1.82, 2.24) is 19.4 Å². The van der Waals surface area contributed by atoms with Crippen LogP contribution >= 0.6 is 11.6 Å². The zero-order valence-corrected chi connectivity index (χ0v) is 18.3. The number of nitrogens with zero attached hydrogens (tertiary/aromatic N) is 4. The fourth-order valence-corrected chi connectivity index (χ4v) is 4.83.